The molecule has 33 heavy (non-hydrogen) atoms. The summed E-state index contributed by atoms with van der Waals surface area (Å²) in [5.41, 5.74) is 0.964. The van der Waals surface area contributed by atoms with Gasteiger partial charge in [-0.25, -0.2) is 15.0 Å². The standard InChI is InChI=1S/C23H32ClN5O4/c1-15(17-5-8-29(9-6-17)23-26-11-18(24)12-27-23)7-10-33-21-4-3-20(16(2)28-21)22(32)25-13-19(31)14-30/h3-4,11-12,15,17,19,30-31H,5-10,13-14H2,1-2H3,(H,25,32)/t15-,19+/m1/s1. The van der Waals surface area contributed by atoms with Crippen LogP contribution in [0.25, 0.3) is 0 Å². The number of halogens is 1. The molecule has 3 rings (SSSR count). The number of nitrogens with one attached hydrogen (secondary N) is 1. The summed E-state index contributed by atoms with van der Waals surface area (Å²) >= 11 is 5.87. The van der Waals surface area contributed by atoms with Crippen molar-refractivity contribution in [3.8, 4) is 5.88 Å². The van der Waals surface area contributed by atoms with Crippen LogP contribution in [-0.2, 0) is 0 Å². The first-order chi connectivity index (χ1) is 15.9. The summed E-state index contributed by atoms with van der Waals surface area (Å²) in [5, 5.41) is 21.3. The predicted octanol–water partition coefficient (Wildman–Crippen LogP) is 2.24. The molecule has 2 aromatic rings. The van der Waals surface area contributed by atoms with Gasteiger partial charge in [-0.2, -0.15) is 0 Å². The van der Waals surface area contributed by atoms with E-state index in [4.69, 9.17) is 21.4 Å². The lowest BCUT2D eigenvalue weighted by atomic mass is 9.84. The first kappa shape index (κ1) is 25.1. The third-order valence-corrected chi connectivity index (χ3v) is 6.27. The number of aliphatic hydroxyl groups excluding tert-OH is 2. The molecule has 180 valence electrons. The smallest absolute Gasteiger partial charge is 0.253 e. The molecular weight excluding hydrogens is 446 g/mol. The number of hydrogen-bond donors (Lipinski definition) is 3. The van der Waals surface area contributed by atoms with Gasteiger partial charge >= 0.3 is 0 Å². The molecule has 0 radical (unpaired) electrons. The van der Waals surface area contributed by atoms with Gasteiger partial charge in [0.25, 0.3) is 5.91 Å². The van der Waals surface area contributed by atoms with E-state index in [2.05, 4.69) is 32.1 Å². The van der Waals surface area contributed by atoms with E-state index in [1.165, 1.54) is 0 Å². The van der Waals surface area contributed by atoms with Crippen molar-refractivity contribution in [2.45, 2.75) is 39.2 Å². The third-order valence-electron chi connectivity index (χ3n) is 6.07. The maximum absolute atomic E-state index is 12.2. The molecule has 1 fully saturated rings. The molecule has 1 aliphatic rings. The van der Waals surface area contributed by atoms with Crippen molar-refractivity contribution < 1.29 is 19.7 Å². The second kappa shape index (κ2) is 12.1. The number of nitrogens with zero attached hydrogens (tertiary/aromatic N) is 4. The van der Waals surface area contributed by atoms with Crippen LogP contribution < -0.4 is 15.0 Å². The van der Waals surface area contributed by atoms with Crippen LogP contribution in [0.4, 0.5) is 5.95 Å². The Balaban J connectivity index is 1.41. The highest BCUT2D eigenvalue weighted by Gasteiger charge is 2.25. The first-order valence-electron chi connectivity index (χ1n) is 11.3. The number of rotatable bonds is 10. The number of hydrogen-bond acceptors (Lipinski definition) is 8. The zero-order valence-corrected chi connectivity index (χ0v) is 19.8. The number of aryl methyl sites for hydroxylation is 1. The molecule has 3 heterocycles. The molecule has 9 nitrogen and oxygen atoms in total. The first-order valence-corrected chi connectivity index (χ1v) is 11.6. The highest BCUT2D eigenvalue weighted by molar-refractivity contribution is 6.30. The van der Waals surface area contributed by atoms with Crippen molar-refractivity contribution in [1.82, 2.24) is 20.3 Å². The largest absolute Gasteiger partial charge is 0.478 e. The summed E-state index contributed by atoms with van der Waals surface area (Å²) in [4.78, 5) is 27.4. The lowest BCUT2D eigenvalue weighted by Crippen LogP contribution is -2.36. The number of carbonyl (C=O) groups is 1. The monoisotopic (exact) mass is 477 g/mol. The van der Waals surface area contributed by atoms with Crippen molar-refractivity contribution in [2.75, 3.05) is 37.7 Å². The van der Waals surface area contributed by atoms with Gasteiger partial charge < -0.3 is 25.2 Å². The number of amides is 1. The lowest BCUT2D eigenvalue weighted by molar-refractivity contribution is 0.0801. The average molecular weight is 478 g/mol. The minimum absolute atomic E-state index is 0.0173. The summed E-state index contributed by atoms with van der Waals surface area (Å²) in [7, 11) is 0. The van der Waals surface area contributed by atoms with Crippen LogP contribution in [0, 0.1) is 18.8 Å². The number of pyridine rings is 1. The summed E-state index contributed by atoms with van der Waals surface area (Å²) in [5.74, 6) is 2.01. The van der Waals surface area contributed by atoms with Gasteiger partial charge in [-0.1, -0.05) is 18.5 Å². The molecule has 10 heteroatoms. The Bertz CT molecular complexity index is 906. The van der Waals surface area contributed by atoms with Crippen molar-refractivity contribution in [1.29, 1.82) is 0 Å². The Kier molecular flexibility index (Phi) is 9.22. The van der Waals surface area contributed by atoms with Gasteiger partial charge in [0.15, 0.2) is 0 Å². The van der Waals surface area contributed by atoms with E-state index in [1.54, 1.807) is 31.5 Å². The quantitative estimate of drug-likeness (QED) is 0.476. The molecule has 1 saturated heterocycles. The van der Waals surface area contributed by atoms with Gasteiger partial charge in [-0.15, -0.1) is 0 Å². The van der Waals surface area contributed by atoms with E-state index < -0.39 is 12.7 Å². The number of ether oxygens (including phenoxy) is 1. The number of aromatic nitrogens is 3. The van der Waals surface area contributed by atoms with E-state index in [1.807, 2.05) is 0 Å². The molecule has 3 N–H and O–H groups in total. The molecular formula is C23H32ClN5O4. The fraction of sp³-hybridized carbons (Fsp3) is 0.565. The van der Waals surface area contributed by atoms with Crippen LogP contribution in [0.2, 0.25) is 5.02 Å². The molecule has 2 atom stereocenters. The van der Waals surface area contributed by atoms with E-state index >= 15 is 0 Å². The normalized spacial score (nSPS) is 16.3. The lowest BCUT2D eigenvalue weighted by Gasteiger charge is -2.34. The van der Waals surface area contributed by atoms with Crippen LogP contribution in [0.1, 0.15) is 42.2 Å². The van der Waals surface area contributed by atoms with Gasteiger partial charge in [0.05, 0.1) is 48.0 Å². The SMILES string of the molecule is Cc1nc(OCC[C@@H](C)C2CCN(c3ncc(Cl)cn3)CC2)ccc1C(=O)NC[C@H](O)CO. The van der Waals surface area contributed by atoms with E-state index in [0.717, 1.165) is 38.3 Å². The van der Waals surface area contributed by atoms with E-state index in [0.29, 0.717) is 40.6 Å². The molecule has 0 aliphatic carbocycles. The maximum atomic E-state index is 12.2. The Morgan fingerprint density at radius 2 is 2.00 bits per heavy atom. The van der Waals surface area contributed by atoms with Crippen LogP contribution in [0.15, 0.2) is 24.5 Å². The highest BCUT2D eigenvalue weighted by atomic mass is 35.5. The zero-order valence-electron chi connectivity index (χ0n) is 19.1. The summed E-state index contributed by atoms with van der Waals surface area (Å²) in [6.07, 6.45) is 5.37. The minimum atomic E-state index is -0.982. The molecule has 2 aromatic heterocycles. The van der Waals surface area contributed by atoms with Crippen molar-refractivity contribution in [3.63, 3.8) is 0 Å². The van der Waals surface area contributed by atoms with Gasteiger partial charge in [0, 0.05) is 25.7 Å². The summed E-state index contributed by atoms with van der Waals surface area (Å²) in [6, 6.07) is 3.34. The molecule has 0 saturated carbocycles. The Morgan fingerprint density at radius 1 is 1.30 bits per heavy atom. The molecule has 0 aromatic carbocycles. The number of piperidine rings is 1. The zero-order chi connectivity index (χ0) is 23.8. The fourth-order valence-corrected chi connectivity index (χ4v) is 4.05. The Morgan fingerprint density at radius 3 is 2.64 bits per heavy atom. The topological polar surface area (TPSA) is 121 Å². The van der Waals surface area contributed by atoms with Crippen LogP contribution in [-0.4, -0.2) is 70.0 Å². The fourth-order valence-electron chi connectivity index (χ4n) is 3.95. The second-order valence-electron chi connectivity index (χ2n) is 8.47. The Labute approximate surface area is 199 Å². The van der Waals surface area contributed by atoms with Crippen LogP contribution >= 0.6 is 11.6 Å². The molecule has 0 bridgehead atoms. The molecule has 0 unspecified atom stereocenters. The maximum Gasteiger partial charge on any atom is 0.253 e. The number of carbonyl (C=O) groups excluding carboxylic acids is 1. The third kappa shape index (κ3) is 7.25. The van der Waals surface area contributed by atoms with Crippen LogP contribution in [0.3, 0.4) is 0 Å². The number of aliphatic hydroxyl groups is 2. The van der Waals surface area contributed by atoms with Gasteiger partial charge in [0.1, 0.15) is 0 Å². The second-order valence-corrected chi connectivity index (χ2v) is 8.91. The van der Waals surface area contributed by atoms with Crippen molar-refractivity contribution in [3.05, 3.63) is 40.8 Å². The summed E-state index contributed by atoms with van der Waals surface area (Å²) in [6.45, 7) is 5.99. The van der Waals surface area contributed by atoms with Crippen LogP contribution in [0.5, 0.6) is 5.88 Å². The molecule has 0 spiro atoms. The molecule has 1 amide bonds. The average Bonchev–Trinajstić information content (AvgIpc) is 2.83. The Hall–Kier alpha value is -2.49. The summed E-state index contributed by atoms with van der Waals surface area (Å²) < 4.78 is 5.84. The van der Waals surface area contributed by atoms with Gasteiger partial charge in [-0.05, 0) is 44.1 Å². The van der Waals surface area contributed by atoms with Gasteiger partial charge in [0.2, 0.25) is 11.8 Å². The van der Waals surface area contributed by atoms with Crippen molar-refractivity contribution >= 4 is 23.5 Å². The highest BCUT2D eigenvalue weighted by Crippen LogP contribution is 2.28. The van der Waals surface area contributed by atoms with Gasteiger partial charge in [-0.3, -0.25) is 4.79 Å². The number of anilines is 1. The predicted molar refractivity (Wildman–Crippen MR) is 126 cm³/mol. The van der Waals surface area contributed by atoms with Crippen molar-refractivity contribution in [2.24, 2.45) is 11.8 Å². The molecule has 1 aliphatic heterocycles. The van der Waals surface area contributed by atoms with E-state index in [-0.39, 0.29) is 12.5 Å². The minimum Gasteiger partial charge on any atom is -0.478 e. The van der Waals surface area contributed by atoms with E-state index in [9.17, 15) is 9.90 Å².